The van der Waals surface area contributed by atoms with E-state index in [-0.39, 0.29) is 17.7 Å². The number of allylic oxidation sites excluding steroid dienone is 1. The molecule has 1 atom stereocenters. The maximum atomic E-state index is 12.7. The van der Waals surface area contributed by atoms with E-state index in [2.05, 4.69) is 0 Å². The molecule has 0 saturated carbocycles. The van der Waals surface area contributed by atoms with E-state index in [1.54, 1.807) is 25.1 Å². The van der Waals surface area contributed by atoms with Crippen molar-refractivity contribution >= 4 is 5.97 Å². The quantitative estimate of drug-likeness (QED) is 0.580. The zero-order valence-corrected chi connectivity index (χ0v) is 10.2. The molecule has 17 heavy (non-hydrogen) atoms. The molecule has 0 fully saturated rings. The predicted octanol–water partition coefficient (Wildman–Crippen LogP) is 3.12. The van der Waals surface area contributed by atoms with Gasteiger partial charge in [0.25, 0.3) is 0 Å². The van der Waals surface area contributed by atoms with Crippen molar-refractivity contribution < 1.29 is 13.9 Å². The Morgan fingerprint density at radius 1 is 1.41 bits per heavy atom. The van der Waals surface area contributed by atoms with Gasteiger partial charge in [0, 0.05) is 6.08 Å². The van der Waals surface area contributed by atoms with Gasteiger partial charge in [-0.1, -0.05) is 25.1 Å². The molecule has 0 aromatic heterocycles. The van der Waals surface area contributed by atoms with E-state index >= 15 is 0 Å². The van der Waals surface area contributed by atoms with Gasteiger partial charge in [0.05, 0.1) is 6.61 Å². The summed E-state index contributed by atoms with van der Waals surface area (Å²) in [5.41, 5.74) is 1.05. The van der Waals surface area contributed by atoms with E-state index in [1.807, 2.05) is 6.92 Å². The van der Waals surface area contributed by atoms with Gasteiger partial charge in [-0.05, 0) is 37.0 Å². The van der Waals surface area contributed by atoms with Crippen molar-refractivity contribution in [2.75, 3.05) is 6.61 Å². The minimum Gasteiger partial charge on any atom is -0.463 e. The van der Waals surface area contributed by atoms with Crippen molar-refractivity contribution in [1.82, 2.24) is 0 Å². The van der Waals surface area contributed by atoms with Gasteiger partial charge in [-0.3, -0.25) is 0 Å². The summed E-state index contributed by atoms with van der Waals surface area (Å²) in [6.45, 7) is 4.16. The third-order valence-electron chi connectivity index (χ3n) is 2.32. The Bertz CT molecular complexity index is 382. The van der Waals surface area contributed by atoms with Crippen LogP contribution in [0.4, 0.5) is 4.39 Å². The largest absolute Gasteiger partial charge is 0.463 e. The summed E-state index contributed by atoms with van der Waals surface area (Å²) in [6.07, 6.45) is 4.02. The fraction of sp³-hybridized carbons (Fsp3) is 0.357. The molecule has 92 valence electrons. The molecule has 0 N–H and O–H groups in total. The zero-order valence-electron chi connectivity index (χ0n) is 10.2. The van der Waals surface area contributed by atoms with Crippen LogP contribution in [0.5, 0.6) is 0 Å². The second-order valence-electron chi connectivity index (χ2n) is 3.92. The van der Waals surface area contributed by atoms with Gasteiger partial charge in [-0.2, -0.15) is 0 Å². The van der Waals surface area contributed by atoms with Crippen molar-refractivity contribution in [3.63, 3.8) is 0 Å². The van der Waals surface area contributed by atoms with Gasteiger partial charge in [0.1, 0.15) is 5.82 Å². The fourth-order valence-electron chi connectivity index (χ4n) is 1.49. The summed E-state index contributed by atoms with van der Waals surface area (Å²) in [6, 6.07) is 6.39. The van der Waals surface area contributed by atoms with Crippen LogP contribution in [-0.2, 0) is 16.0 Å². The first-order valence-corrected chi connectivity index (χ1v) is 5.71. The average molecular weight is 236 g/mol. The second-order valence-corrected chi connectivity index (χ2v) is 3.92. The summed E-state index contributed by atoms with van der Waals surface area (Å²) in [5, 5.41) is 0. The standard InChI is InChI=1S/C14H17FO2/c1-3-17-14(16)9-4-11(2)10-12-5-7-13(15)8-6-12/h4-9,11H,3,10H2,1-2H3. The highest BCUT2D eigenvalue weighted by Gasteiger charge is 2.02. The van der Waals surface area contributed by atoms with E-state index in [9.17, 15) is 9.18 Å². The van der Waals surface area contributed by atoms with Gasteiger partial charge in [-0.25, -0.2) is 9.18 Å². The predicted molar refractivity (Wildman–Crippen MR) is 65.0 cm³/mol. The van der Waals surface area contributed by atoms with Crippen LogP contribution in [0, 0.1) is 11.7 Å². The number of halogens is 1. The molecule has 2 nitrogen and oxygen atoms in total. The highest BCUT2D eigenvalue weighted by molar-refractivity contribution is 5.81. The molecule has 0 bridgehead atoms. The Kier molecular flexibility index (Phi) is 5.40. The van der Waals surface area contributed by atoms with Crippen molar-refractivity contribution in [2.24, 2.45) is 5.92 Å². The van der Waals surface area contributed by atoms with Crippen molar-refractivity contribution in [3.8, 4) is 0 Å². The minimum atomic E-state index is -0.321. The monoisotopic (exact) mass is 236 g/mol. The topological polar surface area (TPSA) is 26.3 Å². The molecule has 0 amide bonds. The molecule has 0 heterocycles. The highest BCUT2D eigenvalue weighted by atomic mass is 19.1. The summed E-state index contributed by atoms with van der Waals surface area (Å²) >= 11 is 0. The number of ether oxygens (including phenoxy) is 1. The van der Waals surface area contributed by atoms with Crippen LogP contribution in [0.25, 0.3) is 0 Å². The smallest absolute Gasteiger partial charge is 0.330 e. The Hall–Kier alpha value is -1.64. The molecule has 1 unspecified atom stereocenters. The molecule has 0 radical (unpaired) electrons. The molecule has 1 aromatic carbocycles. The van der Waals surface area contributed by atoms with Gasteiger partial charge in [0.2, 0.25) is 0 Å². The summed E-state index contributed by atoms with van der Waals surface area (Å²) in [5.74, 6) is -0.341. The lowest BCUT2D eigenvalue weighted by Crippen LogP contribution is -2.02. The number of benzene rings is 1. The van der Waals surface area contributed by atoms with Crippen molar-refractivity contribution in [1.29, 1.82) is 0 Å². The first-order chi connectivity index (χ1) is 8.11. The SMILES string of the molecule is CCOC(=O)C=CC(C)Cc1ccc(F)cc1. The number of hydrogen-bond donors (Lipinski definition) is 0. The van der Waals surface area contributed by atoms with Crippen LogP contribution in [0.1, 0.15) is 19.4 Å². The minimum absolute atomic E-state index is 0.213. The van der Waals surface area contributed by atoms with E-state index in [0.717, 1.165) is 12.0 Å². The van der Waals surface area contributed by atoms with E-state index in [1.165, 1.54) is 18.2 Å². The zero-order chi connectivity index (χ0) is 12.7. The maximum absolute atomic E-state index is 12.7. The Morgan fingerprint density at radius 2 is 2.06 bits per heavy atom. The van der Waals surface area contributed by atoms with Crippen LogP contribution in [0.2, 0.25) is 0 Å². The number of hydrogen-bond acceptors (Lipinski definition) is 2. The lowest BCUT2D eigenvalue weighted by atomic mass is 10.0. The third-order valence-corrected chi connectivity index (χ3v) is 2.32. The molecule has 0 spiro atoms. The number of carbonyl (C=O) groups is 1. The van der Waals surface area contributed by atoms with E-state index in [4.69, 9.17) is 4.74 Å². The number of rotatable bonds is 5. The highest BCUT2D eigenvalue weighted by Crippen LogP contribution is 2.10. The van der Waals surface area contributed by atoms with E-state index < -0.39 is 0 Å². The van der Waals surface area contributed by atoms with Gasteiger partial charge in [-0.15, -0.1) is 0 Å². The Labute approximate surface area is 101 Å². The van der Waals surface area contributed by atoms with Crippen LogP contribution in [0.3, 0.4) is 0 Å². The molecular weight excluding hydrogens is 219 g/mol. The van der Waals surface area contributed by atoms with Crippen LogP contribution >= 0.6 is 0 Å². The van der Waals surface area contributed by atoms with E-state index in [0.29, 0.717) is 6.61 Å². The summed E-state index contributed by atoms with van der Waals surface area (Å²) < 4.78 is 17.5. The average Bonchev–Trinajstić information content (AvgIpc) is 2.30. The third kappa shape index (κ3) is 5.29. The first kappa shape index (κ1) is 13.4. The Morgan fingerprint density at radius 3 is 2.65 bits per heavy atom. The van der Waals surface area contributed by atoms with Gasteiger partial charge >= 0.3 is 5.97 Å². The number of carbonyl (C=O) groups excluding carboxylic acids is 1. The van der Waals surface area contributed by atoms with Crippen molar-refractivity contribution in [2.45, 2.75) is 20.3 Å². The molecular formula is C14H17FO2. The molecule has 3 heteroatoms. The normalized spacial score (nSPS) is 12.6. The summed E-state index contributed by atoms with van der Waals surface area (Å²) in [7, 11) is 0. The number of esters is 1. The fourth-order valence-corrected chi connectivity index (χ4v) is 1.49. The van der Waals surface area contributed by atoms with Crippen LogP contribution < -0.4 is 0 Å². The molecule has 0 aliphatic carbocycles. The lowest BCUT2D eigenvalue weighted by molar-refractivity contribution is -0.137. The molecule has 0 aliphatic heterocycles. The molecule has 1 rings (SSSR count). The van der Waals surface area contributed by atoms with Gasteiger partial charge in [0.15, 0.2) is 0 Å². The first-order valence-electron chi connectivity index (χ1n) is 5.71. The van der Waals surface area contributed by atoms with Crippen LogP contribution in [-0.4, -0.2) is 12.6 Å². The van der Waals surface area contributed by atoms with Crippen LogP contribution in [0.15, 0.2) is 36.4 Å². The van der Waals surface area contributed by atoms with Gasteiger partial charge < -0.3 is 4.74 Å². The maximum Gasteiger partial charge on any atom is 0.330 e. The molecule has 0 aliphatic rings. The Balaban J connectivity index is 2.46. The molecule has 0 saturated heterocycles. The lowest BCUT2D eigenvalue weighted by Gasteiger charge is -2.06. The molecule has 1 aromatic rings. The summed E-state index contributed by atoms with van der Waals surface area (Å²) in [4.78, 5) is 11.1. The second kappa shape index (κ2) is 6.84. The van der Waals surface area contributed by atoms with Crippen molar-refractivity contribution in [3.05, 3.63) is 47.8 Å².